The van der Waals surface area contributed by atoms with Crippen molar-refractivity contribution in [2.24, 2.45) is 5.92 Å². The zero-order valence-corrected chi connectivity index (χ0v) is 22.1. The summed E-state index contributed by atoms with van der Waals surface area (Å²) in [6.07, 6.45) is 0.458. The number of benzene rings is 2. The van der Waals surface area contributed by atoms with Crippen molar-refractivity contribution in [3.8, 4) is 28.3 Å². The number of hydrogen-bond donors (Lipinski definition) is 3. The highest BCUT2D eigenvalue weighted by atomic mass is 35.5. The van der Waals surface area contributed by atoms with E-state index in [0.29, 0.717) is 13.0 Å². The molecule has 1 unspecified atom stereocenters. The maximum atomic E-state index is 12.8. The first kappa shape index (κ1) is 29.4. The van der Waals surface area contributed by atoms with Crippen LogP contribution >= 0.6 is 12.4 Å². The Morgan fingerprint density at radius 2 is 1.78 bits per heavy atom. The lowest BCUT2D eigenvalue weighted by Gasteiger charge is -2.20. The van der Waals surface area contributed by atoms with E-state index in [1.807, 2.05) is 88.6 Å². The molecule has 0 saturated carbocycles. The Balaban J connectivity index is 0.00000456. The molecule has 0 fully saturated rings. The summed E-state index contributed by atoms with van der Waals surface area (Å²) in [5.41, 5.74) is 3.32. The Labute approximate surface area is 219 Å². The second-order valence-corrected chi connectivity index (χ2v) is 9.34. The number of ether oxygens (including phenoxy) is 1. The van der Waals surface area contributed by atoms with Gasteiger partial charge in [0.25, 0.3) is 0 Å². The van der Waals surface area contributed by atoms with Crippen molar-refractivity contribution < 1.29 is 19.6 Å². The number of hydrogen-bond acceptors (Lipinski definition) is 6. The van der Waals surface area contributed by atoms with Gasteiger partial charge in [-0.2, -0.15) is 5.10 Å². The van der Waals surface area contributed by atoms with Gasteiger partial charge < -0.3 is 25.0 Å². The molecule has 0 aliphatic carbocycles. The van der Waals surface area contributed by atoms with E-state index in [1.54, 1.807) is 4.68 Å². The van der Waals surface area contributed by atoms with Crippen molar-refractivity contribution in [1.82, 2.24) is 20.0 Å². The summed E-state index contributed by atoms with van der Waals surface area (Å²) >= 11 is 0. The van der Waals surface area contributed by atoms with Gasteiger partial charge in [0.1, 0.15) is 18.9 Å². The number of carbonyl (C=O) groups is 1. The summed E-state index contributed by atoms with van der Waals surface area (Å²) in [6.45, 7) is 5.27. The molecule has 0 aliphatic rings. The highest BCUT2D eigenvalue weighted by Gasteiger charge is 2.26. The number of likely N-dealkylation sites (N-methyl/N-ethyl adjacent to an activating group) is 1. The minimum absolute atomic E-state index is 0. The fourth-order valence-corrected chi connectivity index (χ4v) is 3.76. The van der Waals surface area contributed by atoms with Crippen LogP contribution in [0, 0.1) is 5.92 Å². The number of halogens is 1. The molecule has 36 heavy (non-hydrogen) atoms. The van der Waals surface area contributed by atoms with E-state index < -0.39 is 13.1 Å². The van der Waals surface area contributed by atoms with Crippen LogP contribution in [0.4, 0.5) is 0 Å². The van der Waals surface area contributed by atoms with E-state index in [-0.39, 0.29) is 30.8 Å². The highest BCUT2D eigenvalue weighted by Crippen LogP contribution is 2.28. The van der Waals surface area contributed by atoms with Crippen LogP contribution in [0.2, 0.25) is 0 Å². The van der Waals surface area contributed by atoms with E-state index >= 15 is 0 Å². The summed E-state index contributed by atoms with van der Waals surface area (Å²) in [4.78, 5) is 14.9. The molecular formula is C26H36BClN4O4. The molecule has 1 atom stereocenters. The molecule has 10 heteroatoms. The molecule has 0 radical (unpaired) electrons. The molecule has 1 amide bonds. The third-order valence-electron chi connectivity index (χ3n) is 5.51. The lowest BCUT2D eigenvalue weighted by molar-refractivity contribution is -0.122. The number of nitrogens with one attached hydrogen (secondary N) is 1. The number of carbonyl (C=O) groups excluding carboxylic acids is 1. The van der Waals surface area contributed by atoms with Gasteiger partial charge in [-0.3, -0.25) is 9.48 Å². The molecule has 3 aromatic rings. The molecule has 8 nitrogen and oxygen atoms in total. The topological polar surface area (TPSA) is 99.9 Å². The fraction of sp³-hybridized carbons (Fsp3) is 0.385. The van der Waals surface area contributed by atoms with E-state index in [0.717, 1.165) is 34.8 Å². The minimum atomic E-state index is -1.63. The molecule has 0 spiro atoms. The normalized spacial score (nSPS) is 11.8. The van der Waals surface area contributed by atoms with Crippen LogP contribution in [-0.2, 0) is 11.3 Å². The maximum absolute atomic E-state index is 12.8. The molecule has 194 valence electrons. The van der Waals surface area contributed by atoms with Gasteiger partial charge in [0.15, 0.2) is 0 Å². The number of aromatic nitrogens is 2. The van der Waals surface area contributed by atoms with Gasteiger partial charge in [0.2, 0.25) is 5.91 Å². The van der Waals surface area contributed by atoms with Crippen molar-refractivity contribution in [2.45, 2.75) is 32.8 Å². The van der Waals surface area contributed by atoms with Gasteiger partial charge >= 0.3 is 7.12 Å². The van der Waals surface area contributed by atoms with E-state index in [9.17, 15) is 14.8 Å². The average molecular weight is 515 g/mol. The van der Waals surface area contributed by atoms with Crippen molar-refractivity contribution in [3.05, 3.63) is 60.7 Å². The molecule has 3 N–H and O–H groups in total. The SMILES string of the molecule is CC(C)CC(NC(=O)Cn1nc(-c2cccc(OCCN(C)C)c2)cc1-c1ccccc1)B(O)O.Cl. The summed E-state index contributed by atoms with van der Waals surface area (Å²) in [7, 11) is 2.37. The first-order valence-corrected chi connectivity index (χ1v) is 11.9. The third kappa shape index (κ3) is 8.67. The van der Waals surface area contributed by atoms with E-state index in [2.05, 4.69) is 10.2 Å². The Morgan fingerprint density at radius 3 is 2.42 bits per heavy atom. The van der Waals surface area contributed by atoms with Gasteiger partial charge in [-0.15, -0.1) is 12.4 Å². The van der Waals surface area contributed by atoms with Crippen LogP contribution in [0.15, 0.2) is 60.7 Å². The van der Waals surface area contributed by atoms with Crippen molar-refractivity contribution in [3.63, 3.8) is 0 Å². The van der Waals surface area contributed by atoms with Gasteiger partial charge in [0, 0.05) is 12.1 Å². The van der Waals surface area contributed by atoms with Crippen molar-refractivity contribution >= 4 is 25.4 Å². The van der Waals surface area contributed by atoms with Gasteiger partial charge in [0.05, 0.1) is 17.3 Å². The molecule has 0 saturated heterocycles. The van der Waals surface area contributed by atoms with Gasteiger partial charge in [-0.1, -0.05) is 56.3 Å². The second-order valence-electron chi connectivity index (χ2n) is 9.34. The third-order valence-corrected chi connectivity index (χ3v) is 5.51. The Kier molecular flexibility index (Phi) is 11.5. The predicted molar refractivity (Wildman–Crippen MR) is 146 cm³/mol. The lowest BCUT2D eigenvalue weighted by atomic mass is 9.75. The molecule has 1 aromatic heterocycles. The Bertz CT molecular complexity index is 1090. The van der Waals surface area contributed by atoms with Crippen molar-refractivity contribution in [1.29, 1.82) is 0 Å². The standard InChI is InChI=1S/C26H35BN4O4.ClH/c1-19(2)15-25(27(33)34)28-26(32)18-31-24(20-9-6-5-7-10-20)17-23(29-31)21-11-8-12-22(16-21)35-14-13-30(3)4;/h5-12,16-17,19,25,33-34H,13-15,18H2,1-4H3,(H,28,32);1H. The van der Waals surface area contributed by atoms with E-state index in [1.165, 1.54) is 0 Å². The lowest BCUT2D eigenvalue weighted by Crippen LogP contribution is -2.48. The summed E-state index contributed by atoms with van der Waals surface area (Å²) in [6, 6.07) is 19.4. The molecule has 3 rings (SSSR count). The number of nitrogens with zero attached hydrogens (tertiary/aromatic N) is 3. The predicted octanol–water partition coefficient (Wildman–Crippen LogP) is 3.12. The monoisotopic (exact) mass is 514 g/mol. The van der Waals surface area contributed by atoms with Gasteiger partial charge in [-0.05, 0) is 50.2 Å². The molecule has 2 aromatic carbocycles. The zero-order valence-electron chi connectivity index (χ0n) is 21.3. The minimum Gasteiger partial charge on any atom is -0.492 e. The smallest absolute Gasteiger partial charge is 0.475 e. The summed E-state index contributed by atoms with van der Waals surface area (Å²) in [5, 5.41) is 26.8. The van der Waals surface area contributed by atoms with Crippen LogP contribution in [0.1, 0.15) is 20.3 Å². The summed E-state index contributed by atoms with van der Waals surface area (Å²) < 4.78 is 7.52. The largest absolute Gasteiger partial charge is 0.492 e. The zero-order chi connectivity index (χ0) is 25.4. The molecule has 0 bridgehead atoms. The second kappa shape index (κ2) is 14.0. The quantitative estimate of drug-likeness (QED) is 0.321. The number of rotatable bonds is 12. The van der Waals surface area contributed by atoms with E-state index in [4.69, 9.17) is 9.84 Å². The highest BCUT2D eigenvalue weighted by molar-refractivity contribution is 6.43. The fourth-order valence-electron chi connectivity index (χ4n) is 3.76. The Morgan fingerprint density at radius 1 is 1.08 bits per heavy atom. The van der Waals surface area contributed by atoms with Crippen LogP contribution < -0.4 is 10.1 Å². The van der Waals surface area contributed by atoms with Gasteiger partial charge in [-0.25, -0.2) is 0 Å². The first-order valence-electron chi connectivity index (χ1n) is 11.9. The molecule has 1 heterocycles. The maximum Gasteiger partial charge on any atom is 0.475 e. The Hall–Kier alpha value is -2.85. The first-order chi connectivity index (χ1) is 16.7. The molecule has 0 aliphatic heterocycles. The summed E-state index contributed by atoms with van der Waals surface area (Å²) in [5.74, 6) is -0.123. The number of amides is 1. The van der Waals surface area contributed by atoms with Crippen LogP contribution in [0.5, 0.6) is 5.75 Å². The average Bonchev–Trinajstić information content (AvgIpc) is 3.22. The van der Waals surface area contributed by atoms with Crippen LogP contribution in [-0.4, -0.2) is 70.9 Å². The van der Waals surface area contributed by atoms with Crippen molar-refractivity contribution in [2.75, 3.05) is 27.2 Å². The molecular weight excluding hydrogens is 479 g/mol. The van der Waals surface area contributed by atoms with Crippen LogP contribution in [0.25, 0.3) is 22.5 Å². The van der Waals surface area contributed by atoms with Crippen LogP contribution in [0.3, 0.4) is 0 Å².